The first-order chi connectivity index (χ1) is 13.1. The van der Waals surface area contributed by atoms with Gasteiger partial charge in [-0.15, -0.1) is 11.3 Å². The smallest absolute Gasteiger partial charge is 0.320 e. The number of fused-ring (bicyclic) bond motifs is 1. The zero-order chi connectivity index (χ0) is 18.8. The van der Waals surface area contributed by atoms with Crippen LogP contribution in [0.5, 0.6) is 0 Å². The highest BCUT2D eigenvalue weighted by atomic mass is 32.1. The van der Waals surface area contributed by atoms with Crippen molar-refractivity contribution in [2.45, 2.75) is 32.2 Å². The van der Waals surface area contributed by atoms with Gasteiger partial charge in [0.05, 0.1) is 5.92 Å². The van der Waals surface area contributed by atoms with Gasteiger partial charge in [0.2, 0.25) is 5.91 Å². The molecule has 2 saturated heterocycles. The molecule has 1 N–H and O–H groups in total. The lowest BCUT2D eigenvalue weighted by Crippen LogP contribution is -2.51. The molecule has 0 bridgehead atoms. The normalized spacial score (nSPS) is 26.1. The molecular weight excluding hydrogens is 360 g/mol. The summed E-state index contributed by atoms with van der Waals surface area (Å²) in [4.78, 5) is 33.2. The average Bonchev–Trinajstić information content (AvgIpc) is 3.33. The predicted octanol–water partition coefficient (Wildman–Crippen LogP) is 2.01. The lowest BCUT2D eigenvalue weighted by molar-refractivity contribution is -0.126. The minimum Gasteiger partial charge on any atom is -0.355 e. The molecule has 1 aromatic rings. The van der Waals surface area contributed by atoms with Crippen LogP contribution in [0.1, 0.15) is 29.7 Å². The summed E-state index contributed by atoms with van der Waals surface area (Å²) in [6.45, 7) is 5.77. The Hall–Kier alpha value is -1.60. The van der Waals surface area contributed by atoms with Crippen LogP contribution in [0.15, 0.2) is 11.4 Å². The first-order valence-corrected chi connectivity index (χ1v) is 11.0. The fourth-order valence-corrected chi connectivity index (χ4v) is 5.45. The van der Waals surface area contributed by atoms with Crippen molar-refractivity contribution in [2.75, 3.05) is 46.3 Å². The Morgan fingerprint density at radius 3 is 2.89 bits per heavy atom. The Balaban J connectivity index is 1.28. The van der Waals surface area contributed by atoms with E-state index in [1.165, 1.54) is 10.4 Å². The Morgan fingerprint density at radius 2 is 2.07 bits per heavy atom. The number of nitrogens with zero attached hydrogens (tertiary/aromatic N) is 3. The summed E-state index contributed by atoms with van der Waals surface area (Å²) in [5, 5.41) is 5.26. The molecule has 6 nitrogen and oxygen atoms in total. The summed E-state index contributed by atoms with van der Waals surface area (Å²) < 4.78 is 0. The molecule has 2 fully saturated rings. The summed E-state index contributed by atoms with van der Waals surface area (Å²) >= 11 is 1.79. The van der Waals surface area contributed by atoms with Crippen molar-refractivity contribution in [1.82, 2.24) is 20.0 Å². The number of hydrogen-bond donors (Lipinski definition) is 1. The Morgan fingerprint density at radius 1 is 1.19 bits per heavy atom. The number of urea groups is 1. The molecule has 2 atom stereocenters. The number of rotatable bonds is 3. The quantitative estimate of drug-likeness (QED) is 0.859. The van der Waals surface area contributed by atoms with Crippen LogP contribution in [0.3, 0.4) is 0 Å². The van der Waals surface area contributed by atoms with Gasteiger partial charge in [-0.3, -0.25) is 4.79 Å². The van der Waals surface area contributed by atoms with E-state index in [1.807, 2.05) is 9.80 Å². The van der Waals surface area contributed by atoms with Gasteiger partial charge in [-0.05, 0) is 62.2 Å². The van der Waals surface area contributed by atoms with Crippen molar-refractivity contribution >= 4 is 23.3 Å². The fraction of sp³-hybridized carbons (Fsp3) is 0.700. The highest BCUT2D eigenvalue weighted by molar-refractivity contribution is 7.10. The molecule has 3 aliphatic heterocycles. The average molecular weight is 391 g/mol. The van der Waals surface area contributed by atoms with Crippen LogP contribution in [0, 0.1) is 11.8 Å². The first-order valence-electron chi connectivity index (χ1n) is 10.2. The van der Waals surface area contributed by atoms with E-state index in [9.17, 15) is 9.59 Å². The van der Waals surface area contributed by atoms with Crippen LogP contribution in [0.2, 0.25) is 0 Å². The topological polar surface area (TPSA) is 55.9 Å². The van der Waals surface area contributed by atoms with E-state index < -0.39 is 0 Å². The summed E-state index contributed by atoms with van der Waals surface area (Å²) in [6, 6.07) is 2.23. The van der Waals surface area contributed by atoms with Crippen LogP contribution in [-0.4, -0.2) is 73.0 Å². The van der Waals surface area contributed by atoms with Crippen LogP contribution < -0.4 is 5.32 Å². The van der Waals surface area contributed by atoms with E-state index in [1.54, 1.807) is 11.3 Å². The van der Waals surface area contributed by atoms with Crippen molar-refractivity contribution in [3.05, 3.63) is 21.9 Å². The molecule has 0 aliphatic carbocycles. The van der Waals surface area contributed by atoms with Crippen LogP contribution in [0.4, 0.5) is 4.79 Å². The van der Waals surface area contributed by atoms with Crippen molar-refractivity contribution in [3.8, 4) is 0 Å². The number of carbonyl (C=O) groups excluding carboxylic acids is 2. The molecule has 0 aromatic carbocycles. The maximum Gasteiger partial charge on any atom is 0.320 e. The van der Waals surface area contributed by atoms with Crippen molar-refractivity contribution in [1.29, 1.82) is 0 Å². The molecule has 148 valence electrons. The number of nitrogens with one attached hydrogen (secondary N) is 1. The van der Waals surface area contributed by atoms with Gasteiger partial charge in [0.15, 0.2) is 0 Å². The third-order valence-electron chi connectivity index (χ3n) is 6.19. The standard InChI is InChI=1S/C20H30N4O2S/c1-22-8-4-15(12-22)11-21-19(25)17-3-2-7-23(14-17)20(26)24-9-5-18-16(13-24)6-10-27-18/h6,10,15,17H,2-5,7-9,11-14H2,1H3,(H,21,25). The third kappa shape index (κ3) is 4.29. The van der Waals surface area contributed by atoms with E-state index in [0.717, 1.165) is 58.4 Å². The maximum absolute atomic E-state index is 13.0. The number of amides is 3. The first kappa shape index (κ1) is 18.7. The Labute approximate surface area is 165 Å². The van der Waals surface area contributed by atoms with E-state index in [4.69, 9.17) is 0 Å². The number of carbonyl (C=O) groups is 2. The second-order valence-electron chi connectivity index (χ2n) is 8.27. The van der Waals surface area contributed by atoms with Gasteiger partial charge in [0.25, 0.3) is 0 Å². The van der Waals surface area contributed by atoms with E-state index >= 15 is 0 Å². The molecule has 3 aliphatic rings. The van der Waals surface area contributed by atoms with Gasteiger partial charge in [-0.1, -0.05) is 0 Å². The van der Waals surface area contributed by atoms with Gasteiger partial charge < -0.3 is 20.0 Å². The summed E-state index contributed by atoms with van der Waals surface area (Å²) in [5.41, 5.74) is 1.28. The summed E-state index contributed by atoms with van der Waals surface area (Å²) in [5.74, 6) is 0.623. The zero-order valence-corrected chi connectivity index (χ0v) is 17.0. The molecule has 0 saturated carbocycles. The van der Waals surface area contributed by atoms with E-state index in [0.29, 0.717) is 19.0 Å². The van der Waals surface area contributed by atoms with Gasteiger partial charge in [-0.2, -0.15) is 0 Å². The number of piperidine rings is 1. The van der Waals surface area contributed by atoms with E-state index in [2.05, 4.69) is 28.7 Å². The Bertz CT molecular complexity index is 691. The minimum absolute atomic E-state index is 0.0664. The number of thiophene rings is 1. The molecule has 0 spiro atoms. The van der Waals surface area contributed by atoms with E-state index in [-0.39, 0.29) is 17.9 Å². The predicted molar refractivity (Wildman–Crippen MR) is 107 cm³/mol. The highest BCUT2D eigenvalue weighted by Gasteiger charge is 2.32. The minimum atomic E-state index is -0.0664. The van der Waals surface area contributed by atoms with Crippen molar-refractivity contribution in [2.24, 2.45) is 11.8 Å². The van der Waals surface area contributed by atoms with Crippen LogP contribution in [0.25, 0.3) is 0 Å². The fourth-order valence-electron chi connectivity index (χ4n) is 4.56. The van der Waals surface area contributed by atoms with Crippen molar-refractivity contribution < 1.29 is 9.59 Å². The monoisotopic (exact) mass is 390 g/mol. The molecule has 0 radical (unpaired) electrons. The van der Waals surface area contributed by atoms with Gasteiger partial charge in [-0.25, -0.2) is 4.79 Å². The molecule has 2 unspecified atom stereocenters. The zero-order valence-electron chi connectivity index (χ0n) is 16.2. The lowest BCUT2D eigenvalue weighted by Gasteiger charge is -2.37. The second kappa shape index (κ2) is 8.19. The maximum atomic E-state index is 13.0. The number of hydrogen-bond acceptors (Lipinski definition) is 4. The van der Waals surface area contributed by atoms with Crippen LogP contribution in [-0.2, 0) is 17.8 Å². The SMILES string of the molecule is CN1CCC(CNC(=O)C2CCCN(C(=O)N3CCc4sccc4C3)C2)C1. The summed E-state index contributed by atoms with van der Waals surface area (Å²) in [7, 11) is 2.13. The molecular formula is C20H30N4O2S. The molecule has 7 heteroatoms. The molecule has 27 heavy (non-hydrogen) atoms. The summed E-state index contributed by atoms with van der Waals surface area (Å²) in [6.07, 6.45) is 3.90. The van der Waals surface area contributed by atoms with Crippen LogP contribution >= 0.6 is 11.3 Å². The largest absolute Gasteiger partial charge is 0.355 e. The molecule has 4 rings (SSSR count). The number of likely N-dealkylation sites (tertiary alicyclic amines) is 2. The second-order valence-corrected chi connectivity index (χ2v) is 9.27. The molecule has 1 aromatic heterocycles. The van der Waals surface area contributed by atoms with Gasteiger partial charge in [0, 0.05) is 44.1 Å². The lowest BCUT2D eigenvalue weighted by atomic mass is 9.97. The van der Waals surface area contributed by atoms with Gasteiger partial charge in [0.1, 0.15) is 0 Å². The van der Waals surface area contributed by atoms with Crippen molar-refractivity contribution in [3.63, 3.8) is 0 Å². The Kier molecular flexibility index (Phi) is 5.68. The molecule has 3 amide bonds. The third-order valence-corrected chi connectivity index (χ3v) is 7.22. The molecule has 4 heterocycles. The highest BCUT2D eigenvalue weighted by Crippen LogP contribution is 2.26. The van der Waals surface area contributed by atoms with Gasteiger partial charge >= 0.3 is 6.03 Å².